The van der Waals surface area contributed by atoms with E-state index in [4.69, 9.17) is 27.9 Å². The van der Waals surface area contributed by atoms with Crippen LogP contribution < -0.4 is 10.2 Å². The Kier molecular flexibility index (Phi) is 5.77. The number of carbonyl (C=O) groups excluding carboxylic acids is 3. The van der Waals surface area contributed by atoms with Gasteiger partial charge >= 0.3 is 5.97 Å². The normalized spacial score (nSPS) is 19.5. The van der Waals surface area contributed by atoms with Crippen LogP contribution in [0.1, 0.15) is 48.7 Å². The zero-order valence-electron chi connectivity index (χ0n) is 17.9. The van der Waals surface area contributed by atoms with E-state index in [1.165, 1.54) is 12.0 Å². The molecule has 32 heavy (non-hydrogen) atoms. The highest BCUT2D eigenvalue weighted by molar-refractivity contribution is 6.35. The predicted octanol–water partition coefficient (Wildman–Crippen LogP) is 5.55. The molecule has 1 N–H and O–H groups in total. The van der Waals surface area contributed by atoms with Crippen LogP contribution in [0.2, 0.25) is 10.0 Å². The number of amides is 1. The van der Waals surface area contributed by atoms with Crippen LogP contribution in [0.15, 0.2) is 47.7 Å². The summed E-state index contributed by atoms with van der Waals surface area (Å²) in [5, 5.41) is 4.15. The van der Waals surface area contributed by atoms with E-state index in [9.17, 15) is 14.4 Å². The van der Waals surface area contributed by atoms with Crippen LogP contribution in [0.3, 0.4) is 0 Å². The van der Waals surface area contributed by atoms with Crippen molar-refractivity contribution in [3.05, 3.63) is 68.8 Å². The lowest BCUT2D eigenvalue weighted by Gasteiger charge is -2.36. The molecule has 8 heteroatoms. The maximum atomic E-state index is 13.4. The molecule has 1 atom stereocenters. The van der Waals surface area contributed by atoms with Gasteiger partial charge in [-0.1, -0.05) is 43.1 Å². The molecule has 2 aromatic carbocycles. The van der Waals surface area contributed by atoms with Crippen molar-refractivity contribution in [1.82, 2.24) is 0 Å². The van der Waals surface area contributed by atoms with Gasteiger partial charge in [0.2, 0.25) is 6.41 Å². The molecule has 0 spiro atoms. The Morgan fingerprint density at radius 2 is 1.94 bits per heavy atom. The second-order valence-electron chi connectivity index (χ2n) is 8.76. The van der Waals surface area contributed by atoms with E-state index < -0.39 is 12.0 Å². The highest BCUT2D eigenvalue weighted by Crippen LogP contribution is 2.49. The summed E-state index contributed by atoms with van der Waals surface area (Å²) < 4.78 is 4.84. The fourth-order valence-corrected chi connectivity index (χ4v) is 4.97. The zero-order valence-corrected chi connectivity index (χ0v) is 19.4. The lowest BCUT2D eigenvalue weighted by atomic mass is 9.73. The number of ketones is 1. The van der Waals surface area contributed by atoms with Crippen molar-refractivity contribution >= 4 is 52.7 Å². The number of ether oxygens (including phenoxy) is 1. The summed E-state index contributed by atoms with van der Waals surface area (Å²) in [6.07, 6.45) is 1.60. The lowest BCUT2D eigenvalue weighted by molar-refractivity contribution is -0.118. The maximum Gasteiger partial charge on any atom is 0.337 e. The molecule has 0 bridgehead atoms. The fourth-order valence-electron chi connectivity index (χ4n) is 4.46. The van der Waals surface area contributed by atoms with Crippen molar-refractivity contribution in [3.63, 3.8) is 0 Å². The molecular weight excluding hydrogens is 451 g/mol. The largest absolute Gasteiger partial charge is 0.465 e. The van der Waals surface area contributed by atoms with Gasteiger partial charge in [0.05, 0.1) is 30.1 Å². The summed E-state index contributed by atoms with van der Waals surface area (Å²) in [5.41, 5.74) is 2.89. The number of rotatable bonds is 3. The van der Waals surface area contributed by atoms with E-state index >= 15 is 0 Å². The van der Waals surface area contributed by atoms with E-state index in [0.717, 1.165) is 0 Å². The molecule has 4 rings (SSSR count). The molecule has 0 saturated heterocycles. The molecule has 0 radical (unpaired) electrons. The Morgan fingerprint density at radius 1 is 1.19 bits per heavy atom. The van der Waals surface area contributed by atoms with Gasteiger partial charge in [-0.05, 0) is 47.7 Å². The minimum absolute atomic E-state index is 0.0624. The number of nitrogens with one attached hydrogen (secondary N) is 1. The summed E-state index contributed by atoms with van der Waals surface area (Å²) in [6, 6.07) is 9.14. The number of benzene rings is 2. The summed E-state index contributed by atoms with van der Waals surface area (Å²) in [7, 11) is 1.31. The number of Topliss-reactive ketones (excluding diaryl/α,β-unsaturated/α-hetero) is 1. The Morgan fingerprint density at radius 3 is 2.59 bits per heavy atom. The van der Waals surface area contributed by atoms with Crippen molar-refractivity contribution in [2.24, 2.45) is 5.41 Å². The monoisotopic (exact) mass is 472 g/mol. The van der Waals surface area contributed by atoms with Crippen molar-refractivity contribution < 1.29 is 19.1 Å². The van der Waals surface area contributed by atoms with Gasteiger partial charge in [-0.15, -0.1) is 0 Å². The first-order chi connectivity index (χ1) is 15.1. The standard InChI is InChI=1S/C24H22Cl2N2O4/c1-24(2)10-18-21(20(30)11-24)22(15-6-5-14(25)9-16(15)26)28(12-29)19-7-4-13(23(31)32-3)8-17(19)27-18/h4-9,12,22,27H,10-11H2,1-3H3. The molecule has 6 nitrogen and oxygen atoms in total. The van der Waals surface area contributed by atoms with Crippen molar-refractivity contribution in [3.8, 4) is 0 Å². The van der Waals surface area contributed by atoms with Gasteiger partial charge in [0.15, 0.2) is 5.78 Å². The van der Waals surface area contributed by atoms with Gasteiger partial charge < -0.3 is 15.0 Å². The quantitative estimate of drug-likeness (QED) is 0.467. The molecule has 166 valence electrons. The topological polar surface area (TPSA) is 75.7 Å². The molecule has 0 aromatic heterocycles. The summed E-state index contributed by atoms with van der Waals surface area (Å²) in [5.74, 6) is -0.560. The molecule has 1 amide bonds. The summed E-state index contributed by atoms with van der Waals surface area (Å²) >= 11 is 12.6. The second kappa shape index (κ2) is 8.26. The van der Waals surface area contributed by atoms with Crippen LogP contribution in [0.25, 0.3) is 0 Å². The second-order valence-corrected chi connectivity index (χ2v) is 9.61. The predicted molar refractivity (Wildman–Crippen MR) is 124 cm³/mol. The average Bonchev–Trinajstić information content (AvgIpc) is 2.85. The molecule has 1 unspecified atom stereocenters. The van der Waals surface area contributed by atoms with E-state index in [0.29, 0.717) is 63.1 Å². The van der Waals surface area contributed by atoms with Crippen LogP contribution in [-0.2, 0) is 14.3 Å². The number of methoxy groups -OCH3 is 1. The summed E-state index contributed by atoms with van der Waals surface area (Å²) in [4.78, 5) is 39.4. The molecule has 0 saturated carbocycles. The third-order valence-corrected chi connectivity index (χ3v) is 6.39. The van der Waals surface area contributed by atoms with Gasteiger partial charge in [0.25, 0.3) is 0 Å². The van der Waals surface area contributed by atoms with Crippen molar-refractivity contribution in [2.45, 2.75) is 32.7 Å². The zero-order chi connectivity index (χ0) is 23.2. The van der Waals surface area contributed by atoms with Gasteiger partial charge in [0, 0.05) is 27.7 Å². The van der Waals surface area contributed by atoms with Gasteiger partial charge in [0.1, 0.15) is 0 Å². The molecule has 2 aliphatic rings. The highest BCUT2D eigenvalue weighted by Gasteiger charge is 2.42. The first kappa shape index (κ1) is 22.4. The number of esters is 1. The first-order valence-electron chi connectivity index (χ1n) is 10.1. The Bertz CT molecular complexity index is 1170. The molecule has 1 aliphatic carbocycles. The highest BCUT2D eigenvalue weighted by atomic mass is 35.5. The smallest absolute Gasteiger partial charge is 0.337 e. The number of hydrogen-bond donors (Lipinski definition) is 1. The van der Waals surface area contributed by atoms with Crippen LogP contribution >= 0.6 is 23.2 Å². The first-order valence-corrected chi connectivity index (χ1v) is 10.8. The Balaban J connectivity index is 1.99. The Hall–Kier alpha value is -2.83. The number of fused-ring (bicyclic) bond motifs is 1. The minimum Gasteiger partial charge on any atom is -0.465 e. The molecule has 2 aromatic rings. The number of anilines is 2. The molecule has 1 aliphatic heterocycles. The van der Waals surface area contributed by atoms with E-state index in [2.05, 4.69) is 5.32 Å². The maximum absolute atomic E-state index is 13.4. The van der Waals surface area contributed by atoms with Gasteiger partial charge in [-0.25, -0.2) is 4.79 Å². The summed E-state index contributed by atoms with van der Waals surface area (Å²) in [6.45, 7) is 4.05. The van der Waals surface area contributed by atoms with Crippen molar-refractivity contribution in [1.29, 1.82) is 0 Å². The van der Waals surface area contributed by atoms with Gasteiger partial charge in [-0.2, -0.15) is 0 Å². The molecule has 0 fully saturated rings. The number of halogens is 2. The van der Waals surface area contributed by atoms with Crippen LogP contribution in [-0.4, -0.2) is 25.3 Å². The number of allylic oxidation sites excluding steroid dienone is 1. The molecule has 1 heterocycles. The van der Waals surface area contributed by atoms with Gasteiger partial charge in [-0.3, -0.25) is 9.59 Å². The van der Waals surface area contributed by atoms with E-state index in [-0.39, 0.29) is 11.2 Å². The fraction of sp³-hybridized carbons (Fsp3) is 0.292. The van der Waals surface area contributed by atoms with Crippen LogP contribution in [0.4, 0.5) is 11.4 Å². The average molecular weight is 473 g/mol. The van der Waals surface area contributed by atoms with Crippen LogP contribution in [0.5, 0.6) is 0 Å². The van der Waals surface area contributed by atoms with Crippen molar-refractivity contribution in [2.75, 3.05) is 17.3 Å². The third kappa shape index (κ3) is 3.89. The Labute approximate surface area is 196 Å². The lowest BCUT2D eigenvalue weighted by Crippen LogP contribution is -2.35. The number of hydrogen-bond acceptors (Lipinski definition) is 5. The SMILES string of the molecule is COC(=O)c1ccc2c(c1)NC1=C(C(=O)CC(C)(C)C1)C(c1ccc(Cl)cc1Cl)N2C=O. The van der Waals surface area contributed by atoms with Crippen LogP contribution in [0, 0.1) is 5.41 Å². The van der Waals surface area contributed by atoms with E-state index in [1.54, 1.807) is 36.4 Å². The molecular formula is C24H22Cl2N2O4. The third-order valence-electron chi connectivity index (χ3n) is 5.82. The number of nitrogens with zero attached hydrogens (tertiary/aromatic N) is 1. The van der Waals surface area contributed by atoms with E-state index in [1.807, 2.05) is 13.8 Å². The minimum atomic E-state index is -0.742. The number of carbonyl (C=O) groups is 3.